The molecule has 0 aliphatic carbocycles. The van der Waals surface area contributed by atoms with Crippen LogP contribution in [0.2, 0.25) is 0 Å². The van der Waals surface area contributed by atoms with Gasteiger partial charge in [0, 0.05) is 18.8 Å². The molecule has 0 heterocycles. The van der Waals surface area contributed by atoms with Crippen molar-refractivity contribution in [2.24, 2.45) is 5.84 Å². The van der Waals surface area contributed by atoms with Gasteiger partial charge in [0.05, 0.1) is 5.56 Å². The predicted octanol–water partition coefficient (Wildman–Crippen LogP) is 3.17. The first kappa shape index (κ1) is 21.3. The Kier molecular flexibility index (Phi) is 10.0. The highest BCUT2D eigenvalue weighted by Crippen LogP contribution is 2.26. The number of hydrogen-bond donors (Lipinski definition) is 2. The smallest absolute Gasteiger partial charge is 0.406 e. The van der Waals surface area contributed by atoms with Gasteiger partial charge in [0.1, 0.15) is 5.75 Å². The van der Waals surface area contributed by atoms with Crippen LogP contribution < -0.4 is 16.3 Å². The summed E-state index contributed by atoms with van der Waals surface area (Å²) >= 11 is 0. The van der Waals surface area contributed by atoms with Crippen LogP contribution in [0.25, 0.3) is 0 Å². The third-order valence-corrected chi connectivity index (χ3v) is 1.81. The number of carbonyl (C=O) groups is 1. The molecule has 122 valence electrons. The minimum absolute atomic E-state index is 0.00419. The van der Waals surface area contributed by atoms with Gasteiger partial charge in [0.15, 0.2) is 0 Å². The predicted molar refractivity (Wildman–Crippen MR) is 76.5 cm³/mol. The lowest BCUT2D eigenvalue weighted by atomic mass is 10.1. The Morgan fingerprint density at radius 2 is 1.67 bits per heavy atom. The fourth-order valence-electron chi connectivity index (χ4n) is 1.12. The van der Waals surface area contributed by atoms with E-state index in [0.717, 1.165) is 23.2 Å². The number of amides is 1. The Balaban J connectivity index is 0. The molecule has 1 amide bonds. The molecule has 0 fully saturated rings. The highest BCUT2D eigenvalue weighted by molar-refractivity contribution is 5.98. The molecule has 5 nitrogen and oxygen atoms in total. The zero-order valence-electron chi connectivity index (χ0n) is 12.8. The summed E-state index contributed by atoms with van der Waals surface area (Å²) in [4.78, 5) is 11.4. The number of rotatable bonds is 2. The average molecular weight is 309 g/mol. The van der Waals surface area contributed by atoms with Crippen LogP contribution in [-0.2, 0) is 0 Å². The molecule has 0 bridgehead atoms. The summed E-state index contributed by atoms with van der Waals surface area (Å²) in [7, 11) is 1.29. The number of ether oxygens (including phenoxy) is 1. The molecule has 1 aromatic rings. The molecule has 0 spiro atoms. The van der Waals surface area contributed by atoms with Crippen LogP contribution in [0.15, 0.2) is 18.2 Å². The first-order chi connectivity index (χ1) is 9.70. The number of halogens is 3. The zero-order chi connectivity index (χ0) is 17.2. The second kappa shape index (κ2) is 9.87. The van der Waals surface area contributed by atoms with Gasteiger partial charge in [0.2, 0.25) is 0 Å². The minimum atomic E-state index is -4.80. The van der Waals surface area contributed by atoms with Crippen LogP contribution in [0.1, 0.15) is 38.1 Å². The quantitative estimate of drug-likeness (QED) is 0.380. The number of hydrazine groups is 1. The van der Waals surface area contributed by atoms with E-state index in [-0.39, 0.29) is 11.3 Å². The summed E-state index contributed by atoms with van der Waals surface area (Å²) in [5.41, 5.74) is 5.29. The first-order valence-electron chi connectivity index (χ1n) is 6.39. The van der Waals surface area contributed by atoms with Crippen LogP contribution >= 0.6 is 0 Å². The second-order valence-corrected chi connectivity index (χ2v) is 3.21. The summed E-state index contributed by atoms with van der Waals surface area (Å²) in [6.07, 6.45) is -4.80. The Labute approximate surface area is 122 Å². The minimum Gasteiger partial charge on any atom is -0.406 e. The van der Waals surface area contributed by atoms with Crippen molar-refractivity contribution >= 4 is 11.6 Å². The largest absolute Gasteiger partial charge is 0.573 e. The van der Waals surface area contributed by atoms with Gasteiger partial charge in [-0.05, 0) is 12.1 Å². The van der Waals surface area contributed by atoms with Crippen molar-refractivity contribution in [1.29, 1.82) is 0 Å². The molecule has 0 radical (unpaired) electrons. The van der Waals surface area contributed by atoms with Crippen LogP contribution in [0.3, 0.4) is 0 Å². The monoisotopic (exact) mass is 309 g/mol. The zero-order valence-corrected chi connectivity index (χ0v) is 12.8. The van der Waals surface area contributed by atoms with E-state index in [2.05, 4.69) is 4.74 Å². The summed E-state index contributed by atoms with van der Waals surface area (Å²) in [5, 5.41) is 0.774. The molecule has 0 aliphatic rings. The van der Waals surface area contributed by atoms with Crippen LogP contribution in [0.5, 0.6) is 5.75 Å². The standard InChI is InChI=1S/C9H10F3N3O2.2C2H6/c1-15(14)8(16)6-3-2-5(4-7(6)13)17-9(10,11)12;2*1-2/h2-4H,13-14H2,1H3;2*1-2H3. The van der Waals surface area contributed by atoms with E-state index in [1.165, 1.54) is 7.05 Å². The lowest BCUT2D eigenvalue weighted by Gasteiger charge is -2.13. The van der Waals surface area contributed by atoms with E-state index in [9.17, 15) is 18.0 Å². The maximum absolute atomic E-state index is 11.9. The van der Waals surface area contributed by atoms with Crippen molar-refractivity contribution in [1.82, 2.24) is 5.01 Å². The van der Waals surface area contributed by atoms with E-state index < -0.39 is 18.0 Å². The SMILES string of the molecule is CC.CC.CN(N)C(=O)c1ccc(OC(F)(F)F)cc1N. The maximum Gasteiger partial charge on any atom is 0.573 e. The maximum atomic E-state index is 11.9. The van der Waals surface area contributed by atoms with Crippen molar-refractivity contribution in [3.8, 4) is 5.75 Å². The Morgan fingerprint density at radius 3 is 2.00 bits per heavy atom. The second-order valence-electron chi connectivity index (χ2n) is 3.21. The number of nitrogens with zero attached hydrogens (tertiary/aromatic N) is 1. The lowest BCUT2D eigenvalue weighted by Crippen LogP contribution is -2.33. The normalized spacial score (nSPS) is 9.57. The average Bonchev–Trinajstić information content (AvgIpc) is 2.41. The molecular weight excluding hydrogens is 287 g/mol. The molecular formula is C13H22F3N3O2. The molecule has 0 unspecified atom stereocenters. The molecule has 21 heavy (non-hydrogen) atoms. The molecule has 0 aliphatic heterocycles. The topological polar surface area (TPSA) is 81.6 Å². The number of nitrogen functional groups attached to an aromatic ring is 1. The molecule has 8 heteroatoms. The van der Waals surface area contributed by atoms with Crippen molar-refractivity contribution in [3.63, 3.8) is 0 Å². The van der Waals surface area contributed by atoms with Gasteiger partial charge in [-0.15, -0.1) is 13.2 Å². The van der Waals surface area contributed by atoms with Gasteiger partial charge in [0.25, 0.3) is 5.91 Å². The van der Waals surface area contributed by atoms with E-state index >= 15 is 0 Å². The van der Waals surface area contributed by atoms with Gasteiger partial charge < -0.3 is 10.5 Å². The van der Waals surface area contributed by atoms with Crippen molar-refractivity contribution in [3.05, 3.63) is 23.8 Å². The Morgan fingerprint density at radius 1 is 1.19 bits per heavy atom. The molecule has 0 saturated heterocycles. The van der Waals surface area contributed by atoms with Gasteiger partial charge in [-0.2, -0.15) is 0 Å². The third kappa shape index (κ3) is 8.03. The molecule has 1 aromatic carbocycles. The number of benzene rings is 1. The van der Waals surface area contributed by atoms with Crippen LogP contribution in [0.4, 0.5) is 18.9 Å². The summed E-state index contributed by atoms with van der Waals surface area (Å²) in [5.74, 6) is 4.09. The summed E-state index contributed by atoms with van der Waals surface area (Å²) in [6, 6.07) is 3.01. The third-order valence-electron chi connectivity index (χ3n) is 1.81. The highest BCUT2D eigenvalue weighted by atomic mass is 19.4. The van der Waals surface area contributed by atoms with Crippen LogP contribution in [-0.4, -0.2) is 24.3 Å². The number of anilines is 1. The first-order valence-corrected chi connectivity index (χ1v) is 6.39. The van der Waals surface area contributed by atoms with E-state index in [1.54, 1.807) is 0 Å². The molecule has 0 saturated carbocycles. The Bertz CT molecular complexity index is 435. The lowest BCUT2D eigenvalue weighted by molar-refractivity contribution is -0.274. The van der Waals surface area contributed by atoms with Crippen molar-refractivity contribution in [2.45, 2.75) is 34.1 Å². The van der Waals surface area contributed by atoms with Gasteiger partial charge in [-0.25, -0.2) is 5.84 Å². The summed E-state index contributed by atoms with van der Waals surface area (Å²) in [6.45, 7) is 8.00. The van der Waals surface area contributed by atoms with E-state index in [4.69, 9.17) is 11.6 Å². The molecule has 1 rings (SSSR count). The van der Waals surface area contributed by atoms with E-state index in [0.29, 0.717) is 0 Å². The Hall–Kier alpha value is -1.96. The van der Waals surface area contributed by atoms with Crippen LogP contribution in [0, 0.1) is 0 Å². The fourth-order valence-corrected chi connectivity index (χ4v) is 1.12. The number of alkyl halides is 3. The van der Waals surface area contributed by atoms with Gasteiger partial charge in [-0.1, -0.05) is 27.7 Å². The van der Waals surface area contributed by atoms with Crippen molar-refractivity contribution < 1.29 is 22.7 Å². The van der Waals surface area contributed by atoms with Crippen molar-refractivity contribution in [2.75, 3.05) is 12.8 Å². The number of hydrogen-bond acceptors (Lipinski definition) is 4. The molecule has 0 aromatic heterocycles. The fraction of sp³-hybridized carbons (Fsp3) is 0.462. The summed E-state index contributed by atoms with van der Waals surface area (Å²) < 4.78 is 39.3. The van der Waals surface area contributed by atoms with E-state index in [1.807, 2.05) is 27.7 Å². The van der Waals surface area contributed by atoms with Gasteiger partial charge >= 0.3 is 6.36 Å². The molecule has 0 atom stereocenters. The van der Waals surface area contributed by atoms with Gasteiger partial charge in [-0.3, -0.25) is 9.80 Å². The number of carbonyl (C=O) groups excluding carboxylic acids is 1. The highest BCUT2D eigenvalue weighted by Gasteiger charge is 2.31. The number of nitrogens with two attached hydrogens (primary N) is 2. The molecule has 4 N–H and O–H groups in total.